The maximum absolute atomic E-state index is 12.9. The summed E-state index contributed by atoms with van der Waals surface area (Å²) in [5, 5.41) is 0.601. The summed E-state index contributed by atoms with van der Waals surface area (Å²) in [6.07, 6.45) is -0.726. The molecular weight excluding hydrogens is 447 g/mol. The molecule has 0 saturated carbocycles. The van der Waals surface area contributed by atoms with Gasteiger partial charge in [-0.25, -0.2) is 4.79 Å². The summed E-state index contributed by atoms with van der Waals surface area (Å²) in [6.45, 7) is 5.15. The molecule has 1 aliphatic heterocycles. The maximum Gasteiger partial charge on any atom is 0.534 e. The summed E-state index contributed by atoms with van der Waals surface area (Å²) in [5.41, 5.74) is -5.60. The van der Waals surface area contributed by atoms with E-state index in [4.69, 9.17) is 16.3 Å². The van der Waals surface area contributed by atoms with Crippen LogP contribution in [-0.2, 0) is 14.9 Å². The minimum absolute atomic E-state index is 0.132. The SMILES string of the molecule is CC(C)(C)OC(=O)N1CC(CCl)c2c1cc(OS(=O)(=O)C(F)(F)F)c1ccccc21. The first-order chi connectivity index (χ1) is 13.7. The van der Waals surface area contributed by atoms with Crippen molar-refractivity contribution in [3.63, 3.8) is 0 Å². The van der Waals surface area contributed by atoms with Crippen molar-refractivity contribution in [3.8, 4) is 5.75 Å². The molecule has 1 aliphatic rings. The number of benzene rings is 2. The molecule has 0 aromatic heterocycles. The monoisotopic (exact) mass is 465 g/mol. The summed E-state index contributed by atoms with van der Waals surface area (Å²) >= 11 is 6.09. The number of ether oxygens (including phenoxy) is 1. The second kappa shape index (κ2) is 7.49. The van der Waals surface area contributed by atoms with Gasteiger partial charge in [-0.2, -0.15) is 21.6 Å². The fourth-order valence-electron chi connectivity index (χ4n) is 3.26. The minimum Gasteiger partial charge on any atom is -0.443 e. The molecule has 2 aromatic rings. The second-order valence-corrected chi connectivity index (χ2v) is 9.62. The topological polar surface area (TPSA) is 72.9 Å². The Morgan fingerprint density at radius 3 is 2.33 bits per heavy atom. The van der Waals surface area contributed by atoms with E-state index in [-0.39, 0.29) is 29.4 Å². The van der Waals surface area contributed by atoms with Crippen LogP contribution < -0.4 is 9.08 Å². The smallest absolute Gasteiger partial charge is 0.443 e. The van der Waals surface area contributed by atoms with Gasteiger partial charge >= 0.3 is 21.7 Å². The molecule has 3 rings (SSSR count). The van der Waals surface area contributed by atoms with Crippen LogP contribution in [0, 0.1) is 0 Å². The summed E-state index contributed by atoms with van der Waals surface area (Å²) in [6, 6.07) is 7.35. The molecule has 0 bridgehead atoms. The molecular formula is C19H19ClF3NO5S. The highest BCUT2D eigenvalue weighted by molar-refractivity contribution is 7.88. The Morgan fingerprint density at radius 2 is 1.80 bits per heavy atom. The molecule has 11 heteroatoms. The van der Waals surface area contributed by atoms with Crippen molar-refractivity contribution in [3.05, 3.63) is 35.9 Å². The molecule has 1 heterocycles. The van der Waals surface area contributed by atoms with Crippen LogP contribution in [0.1, 0.15) is 32.3 Å². The van der Waals surface area contributed by atoms with Crippen LogP contribution in [0.3, 0.4) is 0 Å². The maximum atomic E-state index is 12.9. The number of amides is 1. The predicted molar refractivity (Wildman–Crippen MR) is 107 cm³/mol. The van der Waals surface area contributed by atoms with Gasteiger partial charge in [0.05, 0.1) is 5.69 Å². The van der Waals surface area contributed by atoms with Crippen LogP contribution in [0.5, 0.6) is 5.75 Å². The van der Waals surface area contributed by atoms with Crippen LogP contribution in [0.15, 0.2) is 30.3 Å². The Bertz CT molecular complexity index is 1100. The van der Waals surface area contributed by atoms with Crippen molar-refractivity contribution < 1.29 is 35.3 Å². The highest BCUT2D eigenvalue weighted by Crippen LogP contribution is 2.46. The zero-order valence-electron chi connectivity index (χ0n) is 16.3. The summed E-state index contributed by atoms with van der Waals surface area (Å²) in [7, 11) is -5.91. The lowest BCUT2D eigenvalue weighted by atomic mass is 9.95. The van der Waals surface area contributed by atoms with Gasteiger partial charge < -0.3 is 8.92 Å². The van der Waals surface area contributed by atoms with Crippen LogP contribution in [0.2, 0.25) is 0 Å². The van der Waals surface area contributed by atoms with E-state index in [9.17, 15) is 26.4 Å². The molecule has 1 amide bonds. The predicted octanol–water partition coefficient (Wildman–Crippen LogP) is 5.15. The number of halogens is 4. The third-order valence-corrected chi connectivity index (χ3v) is 5.75. The highest BCUT2D eigenvalue weighted by atomic mass is 35.5. The van der Waals surface area contributed by atoms with E-state index in [2.05, 4.69) is 4.18 Å². The molecule has 164 valence electrons. The number of carbonyl (C=O) groups excluding carboxylic acids is 1. The van der Waals surface area contributed by atoms with E-state index in [0.717, 1.165) is 6.07 Å². The van der Waals surface area contributed by atoms with Gasteiger partial charge in [0.2, 0.25) is 0 Å². The van der Waals surface area contributed by atoms with Gasteiger partial charge in [0.25, 0.3) is 0 Å². The first-order valence-electron chi connectivity index (χ1n) is 8.88. The van der Waals surface area contributed by atoms with Crippen molar-refractivity contribution in [1.29, 1.82) is 0 Å². The molecule has 0 spiro atoms. The first kappa shape index (κ1) is 22.5. The van der Waals surface area contributed by atoms with Gasteiger partial charge in [-0.3, -0.25) is 4.90 Å². The van der Waals surface area contributed by atoms with Crippen LogP contribution in [0.4, 0.5) is 23.7 Å². The number of hydrogen-bond donors (Lipinski definition) is 0. The van der Waals surface area contributed by atoms with Gasteiger partial charge in [0.15, 0.2) is 5.75 Å². The van der Waals surface area contributed by atoms with E-state index in [0.29, 0.717) is 10.9 Å². The molecule has 30 heavy (non-hydrogen) atoms. The normalized spacial score (nSPS) is 17.2. The van der Waals surface area contributed by atoms with Gasteiger partial charge in [0.1, 0.15) is 5.60 Å². The van der Waals surface area contributed by atoms with E-state index in [1.165, 1.54) is 17.0 Å². The Balaban J connectivity index is 2.20. The van der Waals surface area contributed by atoms with Crippen LogP contribution >= 0.6 is 11.6 Å². The second-order valence-electron chi connectivity index (χ2n) is 7.78. The molecule has 0 N–H and O–H groups in total. The molecule has 0 radical (unpaired) electrons. The Kier molecular flexibility index (Phi) is 5.61. The Hall–Kier alpha value is -2.20. The minimum atomic E-state index is -5.91. The first-order valence-corrected chi connectivity index (χ1v) is 10.8. The zero-order valence-corrected chi connectivity index (χ0v) is 17.9. The van der Waals surface area contributed by atoms with Gasteiger partial charge in [-0.1, -0.05) is 24.3 Å². The number of anilines is 1. The van der Waals surface area contributed by atoms with Crippen molar-refractivity contribution in [2.75, 3.05) is 17.3 Å². The number of carbonyl (C=O) groups is 1. The average molecular weight is 466 g/mol. The lowest BCUT2D eigenvalue weighted by Gasteiger charge is -2.25. The van der Waals surface area contributed by atoms with Gasteiger partial charge in [0, 0.05) is 29.8 Å². The lowest BCUT2D eigenvalue weighted by molar-refractivity contribution is -0.0499. The Labute approximate surface area is 176 Å². The molecule has 0 aliphatic carbocycles. The van der Waals surface area contributed by atoms with E-state index in [1.54, 1.807) is 32.9 Å². The van der Waals surface area contributed by atoms with E-state index < -0.39 is 33.1 Å². The number of rotatable bonds is 3. The van der Waals surface area contributed by atoms with Crippen molar-refractivity contribution in [2.45, 2.75) is 37.8 Å². The molecule has 1 atom stereocenters. The van der Waals surface area contributed by atoms with Crippen molar-refractivity contribution in [1.82, 2.24) is 0 Å². The van der Waals surface area contributed by atoms with Crippen molar-refractivity contribution >= 4 is 44.3 Å². The van der Waals surface area contributed by atoms with Crippen LogP contribution in [0.25, 0.3) is 10.8 Å². The largest absolute Gasteiger partial charge is 0.534 e. The van der Waals surface area contributed by atoms with Crippen LogP contribution in [-0.4, -0.2) is 38.0 Å². The fourth-order valence-corrected chi connectivity index (χ4v) is 3.98. The summed E-state index contributed by atoms with van der Waals surface area (Å²) in [5.74, 6) is -0.727. The van der Waals surface area contributed by atoms with E-state index >= 15 is 0 Å². The third-order valence-electron chi connectivity index (χ3n) is 4.41. The number of fused-ring (bicyclic) bond motifs is 3. The number of alkyl halides is 4. The van der Waals surface area contributed by atoms with Crippen molar-refractivity contribution in [2.24, 2.45) is 0 Å². The molecule has 6 nitrogen and oxygen atoms in total. The summed E-state index contributed by atoms with van der Waals surface area (Å²) in [4.78, 5) is 13.9. The van der Waals surface area contributed by atoms with Gasteiger partial charge in [-0.15, -0.1) is 11.6 Å². The molecule has 1 unspecified atom stereocenters. The quantitative estimate of drug-likeness (QED) is 0.356. The molecule has 0 saturated heterocycles. The zero-order chi connectivity index (χ0) is 22.5. The molecule has 0 fully saturated rings. The van der Waals surface area contributed by atoms with Gasteiger partial charge in [-0.05, 0) is 31.7 Å². The Morgan fingerprint density at radius 1 is 1.20 bits per heavy atom. The standard InChI is InChI=1S/C19H19ClF3NO5S/c1-18(2,3)28-17(25)24-10-11(9-20)16-13-7-5-4-6-12(13)15(8-14(16)24)29-30(26,27)19(21,22)23/h4-8,11H,9-10H2,1-3H3. The number of nitrogens with zero attached hydrogens (tertiary/aromatic N) is 1. The third kappa shape index (κ3) is 4.15. The van der Waals surface area contributed by atoms with E-state index in [1.807, 2.05) is 0 Å². The fraction of sp³-hybridized carbons (Fsp3) is 0.421. The molecule has 2 aromatic carbocycles. The highest BCUT2D eigenvalue weighted by Gasteiger charge is 2.49. The summed E-state index contributed by atoms with van der Waals surface area (Å²) < 4.78 is 71.7. The lowest BCUT2D eigenvalue weighted by Crippen LogP contribution is -2.36. The average Bonchev–Trinajstić information content (AvgIpc) is 2.98. The number of hydrogen-bond acceptors (Lipinski definition) is 5.